The molecule has 0 unspecified atom stereocenters. The molecule has 0 radical (unpaired) electrons. The largest absolute Gasteiger partial charge is 0.231 e. The van der Waals surface area contributed by atoms with Gasteiger partial charge in [0.15, 0.2) is 5.65 Å². The van der Waals surface area contributed by atoms with Gasteiger partial charge in [0.1, 0.15) is 0 Å². The van der Waals surface area contributed by atoms with Gasteiger partial charge in [-0.2, -0.15) is 5.10 Å². The molecular formula is C28H41N3S. The molecule has 32 heavy (non-hydrogen) atoms. The quantitative estimate of drug-likeness (QED) is 0.311. The molecule has 0 fully saturated rings. The topological polar surface area (TPSA) is 30.2 Å². The Hall–Kier alpha value is -2.20. The lowest BCUT2D eigenvalue weighted by atomic mass is 9.86. The van der Waals surface area contributed by atoms with Crippen LogP contribution in [0.4, 0.5) is 0 Å². The van der Waals surface area contributed by atoms with E-state index in [-0.39, 0.29) is 5.41 Å². The molecule has 0 aliphatic rings. The average molecular weight is 452 g/mol. The van der Waals surface area contributed by atoms with E-state index in [0.29, 0.717) is 0 Å². The van der Waals surface area contributed by atoms with Crippen LogP contribution >= 0.6 is 11.3 Å². The third-order valence-corrected chi connectivity index (χ3v) is 6.57. The van der Waals surface area contributed by atoms with E-state index in [2.05, 4.69) is 77.2 Å². The summed E-state index contributed by atoms with van der Waals surface area (Å²) < 4.78 is 3.48. The van der Waals surface area contributed by atoms with E-state index >= 15 is 0 Å². The summed E-state index contributed by atoms with van der Waals surface area (Å²) in [6.07, 6.45) is 2.13. The number of thiophene rings is 1. The third-order valence-electron chi connectivity index (χ3n) is 5.41. The molecular weight excluding hydrogens is 410 g/mol. The van der Waals surface area contributed by atoms with Gasteiger partial charge in [-0.1, -0.05) is 80.0 Å². The molecule has 3 nitrogen and oxygen atoms in total. The van der Waals surface area contributed by atoms with Gasteiger partial charge in [0, 0.05) is 20.5 Å². The minimum Gasteiger partial charge on any atom is -0.231 e. The van der Waals surface area contributed by atoms with Crippen LogP contribution in [0.15, 0.2) is 24.3 Å². The van der Waals surface area contributed by atoms with Crippen molar-refractivity contribution in [3.8, 4) is 11.3 Å². The van der Waals surface area contributed by atoms with Crippen molar-refractivity contribution < 1.29 is 0 Å². The lowest BCUT2D eigenvalue weighted by Crippen LogP contribution is -2.10. The van der Waals surface area contributed by atoms with Gasteiger partial charge in [-0.3, -0.25) is 0 Å². The maximum atomic E-state index is 4.95. The number of fused-ring (bicyclic) bond motifs is 2. The standard InChI is InChI=1S/C24H29N3S.2C2H6/c1-8-10-17-13-14(2)26-27-21(15(3)25-23(17)27)20-16(4)28-22-18(20)11-9-12-19(22)24(5,6)7;2*1-2/h9,11-13H,8,10H2,1-7H3;2*1-2H3. The summed E-state index contributed by atoms with van der Waals surface area (Å²) in [4.78, 5) is 6.28. The summed E-state index contributed by atoms with van der Waals surface area (Å²) in [5.74, 6) is 0. The number of aromatic nitrogens is 3. The first-order valence-electron chi connectivity index (χ1n) is 12.1. The molecule has 3 aromatic heterocycles. The van der Waals surface area contributed by atoms with Crippen LogP contribution in [0.1, 0.15) is 89.2 Å². The minimum atomic E-state index is 0.117. The van der Waals surface area contributed by atoms with Gasteiger partial charge < -0.3 is 0 Å². The van der Waals surface area contributed by atoms with Gasteiger partial charge in [0.25, 0.3) is 0 Å². The summed E-state index contributed by atoms with van der Waals surface area (Å²) in [6, 6.07) is 8.90. The second-order valence-electron chi connectivity index (χ2n) is 8.81. The molecule has 174 valence electrons. The van der Waals surface area contributed by atoms with Crippen LogP contribution in [0, 0.1) is 20.8 Å². The maximum Gasteiger partial charge on any atom is 0.157 e. The first kappa shape index (κ1) is 26.1. The highest BCUT2D eigenvalue weighted by Gasteiger charge is 2.24. The summed E-state index contributed by atoms with van der Waals surface area (Å²) in [6.45, 7) is 23.5. The van der Waals surface area contributed by atoms with Crippen LogP contribution in [0.3, 0.4) is 0 Å². The number of hydrogen-bond donors (Lipinski definition) is 0. The second kappa shape index (κ2) is 10.6. The fraction of sp³-hybridized carbons (Fsp3) is 0.500. The highest BCUT2D eigenvalue weighted by molar-refractivity contribution is 7.19. The first-order chi connectivity index (χ1) is 15.2. The Morgan fingerprint density at radius 2 is 1.66 bits per heavy atom. The molecule has 0 spiro atoms. The normalized spacial score (nSPS) is 11.2. The Balaban J connectivity index is 0.000000860. The summed E-state index contributed by atoms with van der Waals surface area (Å²) in [7, 11) is 0. The molecule has 1 aromatic carbocycles. The van der Waals surface area contributed by atoms with E-state index in [0.717, 1.165) is 35.6 Å². The number of nitrogens with zero attached hydrogens (tertiary/aromatic N) is 3. The zero-order valence-corrected chi connectivity index (χ0v) is 22.8. The lowest BCUT2D eigenvalue weighted by Gasteiger charge is -2.19. The van der Waals surface area contributed by atoms with Crippen molar-refractivity contribution in [1.82, 2.24) is 14.6 Å². The van der Waals surface area contributed by atoms with Crippen LogP contribution in [0.25, 0.3) is 27.0 Å². The molecule has 0 N–H and O–H groups in total. The Morgan fingerprint density at radius 3 is 2.25 bits per heavy atom. The molecule has 0 bridgehead atoms. The maximum absolute atomic E-state index is 4.95. The number of benzene rings is 1. The molecule has 0 aliphatic heterocycles. The molecule has 4 aromatic rings. The highest BCUT2D eigenvalue weighted by Crippen LogP contribution is 2.43. The highest BCUT2D eigenvalue weighted by atomic mass is 32.1. The predicted molar refractivity (Wildman–Crippen MR) is 143 cm³/mol. The van der Waals surface area contributed by atoms with Crippen molar-refractivity contribution in [3.63, 3.8) is 0 Å². The number of aryl methyl sites for hydroxylation is 4. The summed E-state index contributed by atoms with van der Waals surface area (Å²) in [5, 5.41) is 6.19. The SMILES string of the molecule is CC.CC.CCCc1cc(C)nn2c(-c3c(C)sc4c(C(C)(C)C)cccc34)c(C)nc12. The monoisotopic (exact) mass is 451 g/mol. The Bertz CT molecular complexity index is 1190. The van der Waals surface area contributed by atoms with Gasteiger partial charge in [-0.25, -0.2) is 9.50 Å². The van der Waals surface area contributed by atoms with Crippen molar-refractivity contribution >= 4 is 27.1 Å². The van der Waals surface area contributed by atoms with Crippen molar-refractivity contribution in [1.29, 1.82) is 0 Å². The second-order valence-corrected chi connectivity index (χ2v) is 10.0. The van der Waals surface area contributed by atoms with Crippen molar-refractivity contribution in [3.05, 3.63) is 51.7 Å². The zero-order chi connectivity index (χ0) is 24.2. The van der Waals surface area contributed by atoms with Gasteiger partial charge >= 0.3 is 0 Å². The number of rotatable bonds is 3. The van der Waals surface area contributed by atoms with Gasteiger partial charge in [0.05, 0.1) is 17.1 Å². The van der Waals surface area contributed by atoms with E-state index in [9.17, 15) is 0 Å². The molecule has 3 heterocycles. The smallest absolute Gasteiger partial charge is 0.157 e. The van der Waals surface area contributed by atoms with Crippen molar-refractivity contribution in [2.24, 2.45) is 0 Å². The Morgan fingerprint density at radius 1 is 1.00 bits per heavy atom. The lowest BCUT2D eigenvalue weighted by molar-refractivity contribution is 0.597. The summed E-state index contributed by atoms with van der Waals surface area (Å²) in [5.41, 5.74) is 8.35. The zero-order valence-electron chi connectivity index (χ0n) is 22.0. The van der Waals surface area contributed by atoms with E-state index < -0.39 is 0 Å². The Labute approximate surface area is 198 Å². The van der Waals surface area contributed by atoms with E-state index in [4.69, 9.17) is 10.1 Å². The number of imidazole rings is 1. The van der Waals surface area contributed by atoms with E-state index in [1.54, 1.807) is 0 Å². The van der Waals surface area contributed by atoms with Crippen LogP contribution < -0.4 is 0 Å². The summed E-state index contributed by atoms with van der Waals surface area (Å²) >= 11 is 1.90. The third kappa shape index (κ3) is 4.76. The first-order valence-corrected chi connectivity index (χ1v) is 12.9. The van der Waals surface area contributed by atoms with Crippen LogP contribution in [0.2, 0.25) is 0 Å². The molecule has 0 aliphatic carbocycles. The predicted octanol–water partition coefficient (Wildman–Crippen LogP) is 8.84. The minimum absolute atomic E-state index is 0.117. The van der Waals surface area contributed by atoms with Crippen molar-refractivity contribution in [2.45, 2.75) is 94.4 Å². The van der Waals surface area contributed by atoms with E-state index in [1.807, 2.05) is 39.0 Å². The Kier molecular flexibility index (Phi) is 8.64. The molecule has 4 rings (SSSR count). The molecule has 0 saturated heterocycles. The van der Waals surface area contributed by atoms with Gasteiger partial charge in [-0.15, -0.1) is 11.3 Å². The van der Waals surface area contributed by atoms with Gasteiger partial charge in [-0.05, 0) is 49.8 Å². The molecule has 0 amide bonds. The van der Waals surface area contributed by atoms with Crippen LogP contribution in [-0.2, 0) is 11.8 Å². The van der Waals surface area contributed by atoms with Gasteiger partial charge in [0.2, 0.25) is 0 Å². The van der Waals surface area contributed by atoms with Crippen LogP contribution in [-0.4, -0.2) is 14.6 Å². The molecule has 0 saturated carbocycles. The fourth-order valence-corrected chi connectivity index (χ4v) is 5.57. The molecule has 0 atom stereocenters. The van der Waals surface area contributed by atoms with Crippen LogP contribution in [0.5, 0.6) is 0 Å². The van der Waals surface area contributed by atoms with Crippen molar-refractivity contribution in [2.75, 3.05) is 0 Å². The fourth-order valence-electron chi connectivity index (χ4n) is 4.19. The molecule has 4 heteroatoms. The number of hydrogen-bond acceptors (Lipinski definition) is 3. The average Bonchev–Trinajstić information content (AvgIpc) is 3.25. The van der Waals surface area contributed by atoms with E-state index in [1.165, 1.54) is 31.7 Å².